The Bertz CT molecular complexity index is 1330. The first-order valence-electron chi connectivity index (χ1n) is 10.4. The molecule has 9 heteroatoms. The summed E-state index contributed by atoms with van der Waals surface area (Å²) in [6, 6.07) is 19.4. The lowest BCUT2D eigenvalue weighted by atomic mass is 10.1. The average Bonchev–Trinajstić information content (AvgIpc) is 2.86. The summed E-state index contributed by atoms with van der Waals surface area (Å²) < 4.78 is 11.4. The Hall–Kier alpha value is -4.24. The number of imide groups is 2. The third kappa shape index (κ3) is 5.30. The first-order chi connectivity index (χ1) is 16.9. The van der Waals surface area contributed by atoms with Crippen LogP contribution in [0.2, 0.25) is 0 Å². The van der Waals surface area contributed by atoms with E-state index in [1.807, 2.05) is 24.3 Å². The lowest BCUT2D eigenvalue weighted by Crippen LogP contribution is -2.54. The number of barbiturate groups is 1. The van der Waals surface area contributed by atoms with Gasteiger partial charge in [-0.05, 0) is 54.1 Å². The maximum atomic E-state index is 13.0. The van der Waals surface area contributed by atoms with E-state index < -0.39 is 23.8 Å². The molecule has 1 saturated heterocycles. The van der Waals surface area contributed by atoms with Crippen molar-refractivity contribution in [3.05, 3.63) is 99.5 Å². The van der Waals surface area contributed by atoms with Crippen LogP contribution in [0.5, 0.6) is 5.75 Å². The van der Waals surface area contributed by atoms with Gasteiger partial charge in [0.1, 0.15) is 17.9 Å². The number of benzene rings is 3. The predicted octanol–water partition coefficient (Wildman–Crippen LogP) is 4.48. The third-order valence-corrected chi connectivity index (χ3v) is 5.97. The fourth-order valence-electron chi connectivity index (χ4n) is 3.36. The number of carbonyl (C=O) groups excluding carboxylic acids is 4. The van der Waals surface area contributed by atoms with E-state index in [9.17, 15) is 19.2 Å². The highest BCUT2D eigenvalue weighted by Gasteiger charge is 2.36. The molecule has 1 heterocycles. The van der Waals surface area contributed by atoms with Crippen LogP contribution in [0.25, 0.3) is 6.08 Å². The molecular formula is C26H19BrN2O6. The standard InChI is InChI=1S/C26H19BrN2O6/c1-34-25(32)17-8-10-19(11-9-17)29-24(31)21(23(30)28-26(29)33)14-16-6-12-20(13-7-16)35-15-18-4-2-3-5-22(18)27/h2-14H,15H2,1H3,(H,28,30,33)/b21-14+. The molecular weight excluding hydrogens is 516 g/mol. The van der Waals surface area contributed by atoms with Crippen molar-refractivity contribution in [3.8, 4) is 5.75 Å². The van der Waals surface area contributed by atoms with E-state index in [1.54, 1.807) is 24.3 Å². The van der Waals surface area contributed by atoms with Crippen molar-refractivity contribution in [2.75, 3.05) is 12.0 Å². The molecule has 0 aliphatic carbocycles. The lowest BCUT2D eigenvalue weighted by molar-refractivity contribution is -0.122. The average molecular weight is 535 g/mol. The number of hydrogen-bond acceptors (Lipinski definition) is 6. The Balaban J connectivity index is 1.51. The van der Waals surface area contributed by atoms with Crippen LogP contribution in [0.1, 0.15) is 21.5 Å². The molecule has 4 rings (SSSR count). The molecule has 3 aromatic rings. The Morgan fingerprint density at radius 1 is 0.971 bits per heavy atom. The molecule has 3 aromatic carbocycles. The van der Waals surface area contributed by atoms with Crippen LogP contribution in [0, 0.1) is 0 Å². The van der Waals surface area contributed by atoms with Gasteiger partial charge in [-0.25, -0.2) is 14.5 Å². The number of hydrogen-bond donors (Lipinski definition) is 1. The number of anilines is 1. The quantitative estimate of drug-likeness (QED) is 0.284. The molecule has 8 nitrogen and oxygen atoms in total. The van der Waals surface area contributed by atoms with Crippen LogP contribution in [-0.4, -0.2) is 30.9 Å². The van der Waals surface area contributed by atoms with Crippen LogP contribution in [0.4, 0.5) is 10.5 Å². The Morgan fingerprint density at radius 2 is 1.66 bits per heavy atom. The van der Waals surface area contributed by atoms with Crippen LogP contribution in [0.3, 0.4) is 0 Å². The number of esters is 1. The normalized spacial score (nSPS) is 14.6. The SMILES string of the molecule is COC(=O)c1ccc(N2C(=O)NC(=O)/C(=C\c3ccc(OCc4ccccc4Br)cc3)C2=O)cc1. The van der Waals surface area contributed by atoms with Gasteiger partial charge in [0.25, 0.3) is 11.8 Å². The summed E-state index contributed by atoms with van der Waals surface area (Å²) in [6.45, 7) is 0.370. The fourth-order valence-corrected chi connectivity index (χ4v) is 3.76. The summed E-state index contributed by atoms with van der Waals surface area (Å²) in [6.07, 6.45) is 1.40. The number of amides is 4. The molecule has 1 N–H and O–H groups in total. The van der Waals surface area contributed by atoms with Gasteiger partial charge < -0.3 is 9.47 Å². The number of nitrogens with one attached hydrogen (secondary N) is 1. The van der Waals surface area contributed by atoms with Gasteiger partial charge in [0, 0.05) is 10.0 Å². The van der Waals surface area contributed by atoms with E-state index in [0.717, 1.165) is 14.9 Å². The number of carbonyl (C=O) groups is 4. The van der Waals surface area contributed by atoms with Crippen LogP contribution < -0.4 is 15.0 Å². The van der Waals surface area contributed by atoms with E-state index >= 15 is 0 Å². The highest BCUT2D eigenvalue weighted by atomic mass is 79.9. The molecule has 0 radical (unpaired) electrons. The predicted molar refractivity (Wildman–Crippen MR) is 132 cm³/mol. The first kappa shape index (κ1) is 23.9. The lowest BCUT2D eigenvalue weighted by Gasteiger charge is -2.26. The second kappa shape index (κ2) is 10.4. The topological polar surface area (TPSA) is 102 Å². The van der Waals surface area contributed by atoms with Crippen molar-refractivity contribution in [1.29, 1.82) is 0 Å². The second-order valence-electron chi connectivity index (χ2n) is 7.45. The molecule has 0 atom stereocenters. The third-order valence-electron chi connectivity index (χ3n) is 5.19. The molecule has 0 spiro atoms. The van der Waals surface area contributed by atoms with E-state index in [1.165, 1.54) is 37.5 Å². The number of nitrogens with zero attached hydrogens (tertiary/aromatic N) is 1. The molecule has 1 fully saturated rings. The van der Waals surface area contributed by atoms with Crippen LogP contribution in [0.15, 0.2) is 82.8 Å². The molecule has 0 saturated carbocycles. The Kier molecular flexibility index (Phi) is 7.07. The monoisotopic (exact) mass is 534 g/mol. The highest BCUT2D eigenvalue weighted by molar-refractivity contribution is 9.10. The van der Waals surface area contributed by atoms with Crippen molar-refractivity contribution >= 4 is 51.5 Å². The Labute approximate surface area is 209 Å². The first-order valence-corrected chi connectivity index (χ1v) is 11.2. The molecule has 0 bridgehead atoms. The summed E-state index contributed by atoms with van der Waals surface area (Å²) in [7, 11) is 1.25. The minimum absolute atomic E-state index is 0.203. The van der Waals surface area contributed by atoms with Gasteiger partial charge in [-0.15, -0.1) is 0 Å². The van der Waals surface area contributed by atoms with Gasteiger partial charge in [-0.3, -0.25) is 14.9 Å². The molecule has 176 valence electrons. The molecule has 1 aliphatic rings. The van der Waals surface area contributed by atoms with Crippen molar-refractivity contribution in [2.24, 2.45) is 0 Å². The van der Waals surface area contributed by atoms with E-state index in [2.05, 4.69) is 26.0 Å². The van der Waals surface area contributed by atoms with Gasteiger partial charge in [-0.1, -0.05) is 46.3 Å². The smallest absolute Gasteiger partial charge is 0.337 e. The summed E-state index contributed by atoms with van der Waals surface area (Å²) in [5.41, 5.74) is 1.83. The number of rotatable bonds is 6. The number of ether oxygens (including phenoxy) is 2. The number of methoxy groups -OCH3 is 1. The Morgan fingerprint density at radius 3 is 2.31 bits per heavy atom. The molecule has 35 heavy (non-hydrogen) atoms. The van der Waals surface area contributed by atoms with E-state index in [-0.39, 0.29) is 16.8 Å². The molecule has 0 aromatic heterocycles. The maximum absolute atomic E-state index is 13.0. The second-order valence-corrected chi connectivity index (χ2v) is 8.30. The van der Waals surface area contributed by atoms with Crippen molar-refractivity contribution in [1.82, 2.24) is 5.32 Å². The van der Waals surface area contributed by atoms with E-state index in [4.69, 9.17) is 4.74 Å². The number of halogens is 1. The van der Waals surface area contributed by atoms with Crippen molar-refractivity contribution in [3.63, 3.8) is 0 Å². The number of urea groups is 1. The van der Waals surface area contributed by atoms with Crippen LogP contribution >= 0.6 is 15.9 Å². The zero-order valence-electron chi connectivity index (χ0n) is 18.5. The minimum Gasteiger partial charge on any atom is -0.489 e. The van der Waals surface area contributed by atoms with Crippen molar-refractivity contribution in [2.45, 2.75) is 6.61 Å². The molecule has 1 aliphatic heterocycles. The fraction of sp³-hybridized carbons (Fsp3) is 0.0769. The van der Waals surface area contributed by atoms with Gasteiger partial charge in [0.2, 0.25) is 0 Å². The highest BCUT2D eigenvalue weighted by Crippen LogP contribution is 2.24. The zero-order chi connectivity index (χ0) is 24.9. The minimum atomic E-state index is -0.876. The summed E-state index contributed by atoms with van der Waals surface area (Å²) in [5.74, 6) is -1.51. The van der Waals surface area contributed by atoms with E-state index in [0.29, 0.717) is 17.9 Å². The van der Waals surface area contributed by atoms with Crippen LogP contribution in [-0.2, 0) is 20.9 Å². The van der Waals surface area contributed by atoms with Gasteiger partial charge >= 0.3 is 12.0 Å². The molecule has 4 amide bonds. The van der Waals surface area contributed by atoms with Crippen molar-refractivity contribution < 1.29 is 28.7 Å². The zero-order valence-corrected chi connectivity index (χ0v) is 20.1. The molecule has 0 unspecified atom stereocenters. The van der Waals surface area contributed by atoms with Gasteiger partial charge in [-0.2, -0.15) is 0 Å². The van der Waals surface area contributed by atoms with Gasteiger partial charge in [0.15, 0.2) is 0 Å². The summed E-state index contributed by atoms with van der Waals surface area (Å²) in [5, 5.41) is 2.17. The summed E-state index contributed by atoms with van der Waals surface area (Å²) in [4.78, 5) is 50.3. The van der Waals surface area contributed by atoms with Gasteiger partial charge in [0.05, 0.1) is 18.4 Å². The maximum Gasteiger partial charge on any atom is 0.337 e. The summed E-state index contributed by atoms with van der Waals surface area (Å²) >= 11 is 3.48. The largest absolute Gasteiger partial charge is 0.489 e.